The number of likely N-dealkylation sites (N-methyl/N-ethyl adjacent to an activating group) is 1. The average molecular weight is 295 g/mol. The van der Waals surface area contributed by atoms with Crippen molar-refractivity contribution in [3.63, 3.8) is 0 Å². The largest absolute Gasteiger partial charge is 0.334 e. The van der Waals surface area contributed by atoms with Crippen LogP contribution in [-0.4, -0.2) is 19.0 Å². The molecule has 0 saturated heterocycles. The molecule has 2 N–H and O–H groups in total. The van der Waals surface area contributed by atoms with Crippen molar-refractivity contribution in [2.24, 2.45) is 0 Å². The van der Waals surface area contributed by atoms with E-state index in [4.69, 9.17) is 0 Å². The van der Waals surface area contributed by atoms with E-state index in [1.165, 1.54) is 0 Å². The highest BCUT2D eigenvalue weighted by Crippen LogP contribution is 2.28. The second-order valence-corrected chi connectivity index (χ2v) is 5.27. The molecule has 0 aromatic heterocycles. The van der Waals surface area contributed by atoms with Crippen molar-refractivity contribution in [1.29, 1.82) is 0 Å². The van der Waals surface area contributed by atoms with Gasteiger partial charge in [0.15, 0.2) is 0 Å². The Morgan fingerprint density at radius 3 is 2.73 bits per heavy atom. The average Bonchev–Trinajstić information content (AvgIpc) is 2.81. The first-order chi connectivity index (χ1) is 10.6. The van der Waals surface area contributed by atoms with Gasteiger partial charge in [0.2, 0.25) is 5.91 Å². The Morgan fingerprint density at radius 1 is 1.18 bits per heavy atom. The van der Waals surface area contributed by atoms with Gasteiger partial charge >= 0.3 is 6.03 Å². The minimum Gasteiger partial charge on any atom is -0.334 e. The van der Waals surface area contributed by atoms with Crippen LogP contribution >= 0.6 is 0 Å². The number of carbonyl (C=O) groups excluding carboxylic acids is 2. The third-order valence-corrected chi connectivity index (χ3v) is 3.71. The zero-order valence-corrected chi connectivity index (χ0v) is 12.3. The molecule has 1 aliphatic rings. The molecule has 0 fully saturated rings. The van der Waals surface area contributed by atoms with Crippen LogP contribution in [0, 0.1) is 0 Å². The number of hydrogen-bond donors (Lipinski definition) is 2. The van der Waals surface area contributed by atoms with Crippen molar-refractivity contribution in [3.05, 3.63) is 59.7 Å². The fraction of sp³-hybridized carbons (Fsp3) is 0.176. The molecular weight excluding hydrogens is 278 g/mol. The zero-order valence-electron chi connectivity index (χ0n) is 12.3. The van der Waals surface area contributed by atoms with Gasteiger partial charge in [-0.2, -0.15) is 0 Å². The SMILES string of the molecule is CN1C(=O)Cc2cc(CNC(=O)Nc3ccccc3)ccc21. The highest BCUT2D eigenvalue weighted by molar-refractivity contribution is 6.00. The lowest BCUT2D eigenvalue weighted by molar-refractivity contribution is -0.117. The number of hydrogen-bond acceptors (Lipinski definition) is 2. The van der Waals surface area contributed by atoms with E-state index in [2.05, 4.69) is 10.6 Å². The van der Waals surface area contributed by atoms with Crippen LogP contribution in [0.5, 0.6) is 0 Å². The Balaban J connectivity index is 1.59. The van der Waals surface area contributed by atoms with E-state index in [9.17, 15) is 9.59 Å². The lowest BCUT2D eigenvalue weighted by Gasteiger charge is -2.11. The summed E-state index contributed by atoms with van der Waals surface area (Å²) in [7, 11) is 1.78. The van der Waals surface area contributed by atoms with Crippen molar-refractivity contribution >= 4 is 23.3 Å². The van der Waals surface area contributed by atoms with Crippen molar-refractivity contribution in [3.8, 4) is 0 Å². The number of urea groups is 1. The molecule has 2 aromatic carbocycles. The highest BCUT2D eigenvalue weighted by atomic mass is 16.2. The van der Waals surface area contributed by atoms with Crippen LogP contribution in [0.2, 0.25) is 0 Å². The lowest BCUT2D eigenvalue weighted by Crippen LogP contribution is -2.28. The Hall–Kier alpha value is -2.82. The topological polar surface area (TPSA) is 61.4 Å². The van der Waals surface area contributed by atoms with Crippen LogP contribution < -0.4 is 15.5 Å². The summed E-state index contributed by atoms with van der Waals surface area (Å²) in [5.74, 6) is 0.0990. The smallest absolute Gasteiger partial charge is 0.319 e. The molecule has 0 spiro atoms. The fourth-order valence-electron chi connectivity index (χ4n) is 2.51. The molecule has 22 heavy (non-hydrogen) atoms. The number of anilines is 2. The van der Waals surface area contributed by atoms with Crippen LogP contribution in [0.3, 0.4) is 0 Å². The quantitative estimate of drug-likeness (QED) is 0.914. The number of rotatable bonds is 3. The second kappa shape index (κ2) is 5.89. The Labute approximate surface area is 128 Å². The van der Waals surface area contributed by atoms with Gasteiger partial charge in [0.05, 0.1) is 6.42 Å². The van der Waals surface area contributed by atoms with Crippen molar-refractivity contribution < 1.29 is 9.59 Å². The van der Waals surface area contributed by atoms with Gasteiger partial charge < -0.3 is 15.5 Å². The Kier molecular flexibility index (Phi) is 3.78. The predicted octanol–water partition coefficient (Wildman–Crippen LogP) is 2.53. The zero-order chi connectivity index (χ0) is 15.5. The summed E-state index contributed by atoms with van der Waals surface area (Å²) in [6.07, 6.45) is 0.426. The van der Waals surface area contributed by atoms with E-state index in [1.807, 2.05) is 48.5 Å². The van der Waals surface area contributed by atoms with Gasteiger partial charge in [-0.1, -0.05) is 30.3 Å². The number of nitrogens with zero attached hydrogens (tertiary/aromatic N) is 1. The van der Waals surface area contributed by atoms with Gasteiger partial charge in [-0.3, -0.25) is 4.79 Å². The summed E-state index contributed by atoms with van der Waals surface area (Å²) < 4.78 is 0. The fourth-order valence-corrected chi connectivity index (χ4v) is 2.51. The van der Waals surface area contributed by atoms with Crippen molar-refractivity contribution in [2.75, 3.05) is 17.3 Å². The van der Waals surface area contributed by atoms with Gasteiger partial charge in [-0.05, 0) is 29.3 Å². The molecule has 3 amide bonds. The van der Waals surface area contributed by atoms with Gasteiger partial charge in [0, 0.05) is 25.0 Å². The Bertz CT molecular complexity index is 713. The van der Waals surface area contributed by atoms with Gasteiger partial charge in [-0.25, -0.2) is 4.79 Å². The Morgan fingerprint density at radius 2 is 1.95 bits per heavy atom. The molecule has 0 radical (unpaired) electrons. The molecule has 1 aliphatic heterocycles. The highest BCUT2D eigenvalue weighted by Gasteiger charge is 2.23. The first kappa shape index (κ1) is 14.1. The molecule has 0 bridgehead atoms. The molecule has 2 aromatic rings. The lowest BCUT2D eigenvalue weighted by atomic mass is 10.1. The van der Waals surface area contributed by atoms with Crippen molar-refractivity contribution in [2.45, 2.75) is 13.0 Å². The van der Waals surface area contributed by atoms with Crippen LogP contribution in [0.1, 0.15) is 11.1 Å². The molecule has 0 aliphatic carbocycles. The number of nitrogens with one attached hydrogen (secondary N) is 2. The maximum Gasteiger partial charge on any atom is 0.319 e. The minimum atomic E-state index is -0.250. The summed E-state index contributed by atoms with van der Waals surface area (Å²) in [6.45, 7) is 0.420. The first-order valence-electron chi connectivity index (χ1n) is 7.12. The molecule has 5 nitrogen and oxygen atoms in total. The normalized spacial score (nSPS) is 13.0. The first-order valence-corrected chi connectivity index (χ1v) is 7.12. The van der Waals surface area contributed by atoms with E-state index < -0.39 is 0 Å². The summed E-state index contributed by atoms with van der Waals surface area (Å²) in [6, 6.07) is 14.9. The standard InChI is InChI=1S/C17H17N3O2/c1-20-15-8-7-12(9-13(15)10-16(20)21)11-18-17(22)19-14-5-3-2-4-6-14/h2-9H,10-11H2,1H3,(H2,18,19,22). The minimum absolute atomic E-state index is 0.0990. The number of fused-ring (bicyclic) bond motifs is 1. The summed E-state index contributed by atoms with van der Waals surface area (Å²) in [5, 5.41) is 5.58. The number of para-hydroxylation sites is 1. The van der Waals surface area contributed by atoms with Crippen LogP contribution in [0.4, 0.5) is 16.2 Å². The van der Waals surface area contributed by atoms with Crippen LogP contribution in [-0.2, 0) is 17.8 Å². The van der Waals surface area contributed by atoms with E-state index in [-0.39, 0.29) is 11.9 Å². The predicted molar refractivity (Wildman–Crippen MR) is 85.9 cm³/mol. The molecule has 0 atom stereocenters. The third kappa shape index (κ3) is 2.93. The number of carbonyl (C=O) groups is 2. The maximum atomic E-state index is 11.8. The number of benzene rings is 2. The molecule has 5 heteroatoms. The monoisotopic (exact) mass is 295 g/mol. The van der Waals surface area contributed by atoms with Gasteiger partial charge in [-0.15, -0.1) is 0 Å². The third-order valence-electron chi connectivity index (χ3n) is 3.71. The van der Waals surface area contributed by atoms with Crippen LogP contribution in [0.25, 0.3) is 0 Å². The van der Waals surface area contributed by atoms with Gasteiger partial charge in [0.25, 0.3) is 0 Å². The molecule has 0 saturated carbocycles. The summed E-state index contributed by atoms with van der Waals surface area (Å²) in [5.41, 5.74) is 3.68. The van der Waals surface area contributed by atoms with E-state index in [0.29, 0.717) is 13.0 Å². The molecule has 1 heterocycles. The molecular formula is C17H17N3O2. The summed E-state index contributed by atoms with van der Waals surface area (Å²) in [4.78, 5) is 25.2. The molecule has 3 rings (SSSR count). The van der Waals surface area contributed by atoms with Crippen molar-refractivity contribution in [1.82, 2.24) is 5.32 Å². The van der Waals surface area contributed by atoms with Gasteiger partial charge in [0.1, 0.15) is 0 Å². The van der Waals surface area contributed by atoms with Crippen LogP contribution in [0.15, 0.2) is 48.5 Å². The van der Waals surface area contributed by atoms with E-state index >= 15 is 0 Å². The maximum absolute atomic E-state index is 11.8. The summed E-state index contributed by atoms with van der Waals surface area (Å²) >= 11 is 0. The number of amides is 3. The molecule has 112 valence electrons. The molecule has 0 unspecified atom stereocenters. The van der Waals surface area contributed by atoms with E-state index in [0.717, 1.165) is 22.5 Å². The van der Waals surface area contributed by atoms with E-state index in [1.54, 1.807) is 11.9 Å². The second-order valence-electron chi connectivity index (χ2n) is 5.27.